The number of rotatable bonds is 4. The second-order valence-corrected chi connectivity index (χ2v) is 6.80. The summed E-state index contributed by atoms with van der Waals surface area (Å²) >= 11 is 0. The number of nitrogens with one attached hydrogen (secondary N) is 1. The zero-order valence-corrected chi connectivity index (χ0v) is 15.8. The summed E-state index contributed by atoms with van der Waals surface area (Å²) in [5.74, 6) is 2.65. The number of aromatic nitrogens is 3. The normalized spacial score (nSPS) is 14.3. The largest absolute Gasteiger partial charge is 0.353 e. The number of piperazine rings is 1. The molecule has 1 aromatic carbocycles. The summed E-state index contributed by atoms with van der Waals surface area (Å²) in [5, 5.41) is 3.43. The van der Waals surface area contributed by atoms with E-state index in [4.69, 9.17) is 4.98 Å². The van der Waals surface area contributed by atoms with Gasteiger partial charge in [-0.05, 0) is 37.6 Å². The van der Waals surface area contributed by atoms with Crippen LogP contribution in [0.5, 0.6) is 0 Å². The summed E-state index contributed by atoms with van der Waals surface area (Å²) in [4.78, 5) is 18.4. The van der Waals surface area contributed by atoms with Gasteiger partial charge in [-0.3, -0.25) is 0 Å². The van der Waals surface area contributed by atoms with Crippen molar-refractivity contribution in [3.63, 3.8) is 0 Å². The molecule has 0 amide bonds. The van der Waals surface area contributed by atoms with Crippen molar-refractivity contribution in [1.82, 2.24) is 15.0 Å². The molecule has 6 nitrogen and oxygen atoms in total. The molecular weight excluding hydrogens is 336 g/mol. The topological polar surface area (TPSA) is 57.2 Å². The maximum absolute atomic E-state index is 4.76. The van der Waals surface area contributed by atoms with Crippen molar-refractivity contribution >= 4 is 23.3 Å². The first-order valence-corrected chi connectivity index (χ1v) is 9.28. The summed E-state index contributed by atoms with van der Waals surface area (Å²) in [6.45, 7) is 7.68. The van der Waals surface area contributed by atoms with Crippen molar-refractivity contribution in [2.24, 2.45) is 0 Å². The number of hydrogen-bond acceptors (Lipinski definition) is 6. The summed E-state index contributed by atoms with van der Waals surface area (Å²) in [6, 6.07) is 16.2. The van der Waals surface area contributed by atoms with E-state index in [2.05, 4.69) is 50.2 Å². The average Bonchev–Trinajstić information content (AvgIpc) is 2.70. The Balaban J connectivity index is 1.48. The fourth-order valence-electron chi connectivity index (χ4n) is 3.29. The Hall–Kier alpha value is -3.15. The van der Waals surface area contributed by atoms with E-state index in [0.29, 0.717) is 0 Å². The van der Waals surface area contributed by atoms with Gasteiger partial charge in [0, 0.05) is 49.8 Å². The molecule has 1 aliphatic heterocycles. The van der Waals surface area contributed by atoms with E-state index >= 15 is 0 Å². The summed E-state index contributed by atoms with van der Waals surface area (Å²) in [5.41, 5.74) is 3.23. The monoisotopic (exact) mass is 360 g/mol. The van der Waals surface area contributed by atoms with E-state index in [-0.39, 0.29) is 0 Å². The minimum atomic E-state index is 0.784. The molecule has 0 saturated carbocycles. The molecule has 3 heterocycles. The Bertz CT molecular complexity index is 904. The Morgan fingerprint density at radius 2 is 1.59 bits per heavy atom. The molecule has 6 heteroatoms. The van der Waals surface area contributed by atoms with Gasteiger partial charge in [0.2, 0.25) is 5.95 Å². The number of anilines is 4. The third-order valence-corrected chi connectivity index (χ3v) is 4.79. The van der Waals surface area contributed by atoms with Crippen LogP contribution < -0.4 is 15.1 Å². The number of para-hydroxylation sites is 1. The van der Waals surface area contributed by atoms with Crippen LogP contribution in [0.2, 0.25) is 0 Å². The lowest BCUT2D eigenvalue weighted by Gasteiger charge is -2.35. The predicted octanol–water partition coefficient (Wildman–Crippen LogP) is 3.56. The van der Waals surface area contributed by atoms with E-state index in [9.17, 15) is 0 Å². The van der Waals surface area contributed by atoms with E-state index in [0.717, 1.165) is 55.1 Å². The fourth-order valence-corrected chi connectivity index (χ4v) is 3.29. The van der Waals surface area contributed by atoms with Gasteiger partial charge >= 0.3 is 0 Å². The van der Waals surface area contributed by atoms with Crippen LogP contribution in [-0.2, 0) is 0 Å². The SMILES string of the molecule is Cc1cc(Nc2ccccc2C)nc(N2CCN(c3ccccn3)CC2)n1. The van der Waals surface area contributed by atoms with Crippen molar-refractivity contribution in [1.29, 1.82) is 0 Å². The molecule has 0 spiro atoms. The molecular formula is C21H24N6. The van der Waals surface area contributed by atoms with Gasteiger partial charge in [0.05, 0.1) is 0 Å². The molecule has 2 aromatic heterocycles. The van der Waals surface area contributed by atoms with Gasteiger partial charge in [-0.2, -0.15) is 4.98 Å². The van der Waals surface area contributed by atoms with E-state index in [1.165, 1.54) is 5.56 Å². The number of pyridine rings is 1. The highest BCUT2D eigenvalue weighted by molar-refractivity contribution is 5.61. The third kappa shape index (κ3) is 4.00. The minimum Gasteiger partial charge on any atom is -0.353 e. The van der Waals surface area contributed by atoms with Gasteiger partial charge in [0.25, 0.3) is 0 Å². The Labute approximate surface area is 159 Å². The molecule has 0 unspecified atom stereocenters. The Morgan fingerprint density at radius 3 is 2.33 bits per heavy atom. The van der Waals surface area contributed by atoms with Gasteiger partial charge in [-0.15, -0.1) is 0 Å². The molecule has 138 valence electrons. The van der Waals surface area contributed by atoms with Crippen LogP contribution >= 0.6 is 0 Å². The number of aryl methyl sites for hydroxylation is 2. The van der Waals surface area contributed by atoms with Crippen molar-refractivity contribution in [3.05, 3.63) is 66.0 Å². The molecule has 0 bridgehead atoms. The van der Waals surface area contributed by atoms with Gasteiger partial charge in [0.1, 0.15) is 11.6 Å². The maximum Gasteiger partial charge on any atom is 0.227 e. The van der Waals surface area contributed by atoms with Crippen LogP contribution in [0.3, 0.4) is 0 Å². The molecule has 0 radical (unpaired) electrons. The van der Waals surface area contributed by atoms with Gasteiger partial charge in [-0.25, -0.2) is 9.97 Å². The number of nitrogens with zero attached hydrogens (tertiary/aromatic N) is 5. The maximum atomic E-state index is 4.76. The molecule has 27 heavy (non-hydrogen) atoms. The molecule has 1 N–H and O–H groups in total. The molecule has 1 aliphatic rings. The molecule has 3 aromatic rings. The zero-order chi connectivity index (χ0) is 18.6. The second-order valence-electron chi connectivity index (χ2n) is 6.80. The smallest absolute Gasteiger partial charge is 0.227 e. The molecule has 0 aliphatic carbocycles. The van der Waals surface area contributed by atoms with Crippen LogP contribution in [0.25, 0.3) is 0 Å². The summed E-state index contributed by atoms with van der Waals surface area (Å²) in [7, 11) is 0. The molecule has 1 fully saturated rings. The van der Waals surface area contributed by atoms with Crippen LogP contribution in [0.15, 0.2) is 54.7 Å². The van der Waals surface area contributed by atoms with Crippen LogP contribution in [0.4, 0.5) is 23.3 Å². The van der Waals surface area contributed by atoms with Crippen molar-refractivity contribution in [2.75, 3.05) is 41.3 Å². The van der Waals surface area contributed by atoms with Gasteiger partial charge in [-0.1, -0.05) is 24.3 Å². The van der Waals surface area contributed by atoms with E-state index < -0.39 is 0 Å². The summed E-state index contributed by atoms with van der Waals surface area (Å²) in [6.07, 6.45) is 1.84. The number of benzene rings is 1. The minimum absolute atomic E-state index is 0.784. The van der Waals surface area contributed by atoms with E-state index in [1.54, 1.807) is 0 Å². The lowest BCUT2D eigenvalue weighted by atomic mass is 10.2. The highest BCUT2D eigenvalue weighted by Crippen LogP contribution is 2.22. The van der Waals surface area contributed by atoms with Crippen molar-refractivity contribution in [3.8, 4) is 0 Å². The van der Waals surface area contributed by atoms with E-state index in [1.807, 2.05) is 43.5 Å². The number of hydrogen-bond donors (Lipinski definition) is 1. The molecule has 1 saturated heterocycles. The van der Waals surface area contributed by atoms with Crippen LogP contribution in [0, 0.1) is 13.8 Å². The Kier molecular flexibility index (Phi) is 4.87. The fraction of sp³-hybridized carbons (Fsp3) is 0.286. The van der Waals surface area contributed by atoms with Crippen LogP contribution in [-0.4, -0.2) is 41.1 Å². The first kappa shape index (κ1) is 17.3. The van der Waals surface area contributed by atoms with Crippen molar-refractivity contribution < 1.29 is 0 Å². The first-order chi connectivity index (χ1) is 13.2. The third-order valence-electron chi connectivity index (χ3n) is 4.79. The van der Waals surface area contributed by atoms with Crippen molar-refractivity contribution in [2.45, 2.75) is 13.8 Å². The van der Waals surface area contributed by atoms with Gasteiger partial charge in [0.15, 0.2) is 0 Å². The van der Waals surface area contributed by atoms with Gasteiger partial charge < -0.3 is 15.1 Å². The zero-order valence-electron chi connectivity index (χ0n) is 15.8. The predicted molar refractivity (Wildman–Crippen MR) is 110 cm³/mol. The first-order valence-electron chi connectivity index (χ1n) is 9.28. The standard InChI is InChI=1S/C21H24N6/c1-16-7-3-4-8-18(16)24-19-15-17(2)23-21(25-19)27-13-11-26(12-14-27)20-9-5-6-10-22-20/h3-10,15H,11-14H2,1-2H3,(H,23,24,25). The lowest BCUT2D eigenvalue weighted by Crippen LogP contribution is -2.47. The summed E-state index contributed by atoms with van der Waals surface area (Å²) < 4.78 is 0. The lowest BCUT2D eigenvalue weighted by molar-refractivity contribution is 0.634. The highest BCUT2D eigenvalue weighted by Gasteiger charge is 2.20. The van der Waals surface area contributed by atoms with Crippen LogP contribution in [0.1, 0.15) is 11.3 Å². The molecule has 0 atom stereocenters. The second kappa shape index (κ2) is 7.61. The Morgan fingerprint density at radius 1 is 0.852 bits per heavy atom. The highest BCUT2D eigenvalue weighted by atomic mass is 15.3. The quantitative estimate of drug-likeness (QED) is 0.768. The molecule has 4 rings (SSSR count). The average molecular weight is 360 g/mol.